The Balaban J connectivity index is 1.93. The van der Waals surface area contributed by atoms with Crippen molar-refractivity contribution in [2.45, 2.75) is 19.3 Å². The van der Waals surface area contributed by atoms with Crippen molar-refractivity contribution in [2.75, 3.05) is 11.1 Å². The second kappa shape index (κ2) is 5.40. The van der Waals surface area contributed by atoms with Crippen molar-refractivity contribution < 1.29 is 9.59 Å². The molecule has 4 nitrogen and oxygen atoms in total. The molecule has 1 aliphatic rings. The molecule has 0 spiro atoms. The van der Waals surface area contributed by atoms with Crippen LogP contribution in [0.1, 0.15) is 34.3 Å². The van der Waals surface area contributed by atoms with Crippen molar-refractivity contribution >= 4 is 23.1 Å². The largest absolute Gasteiger partial charge is 0.399 e. The minimum absolute atomic E-state index is 0.0337. The van der Waals surface area contributed by atoms with Crippen molar-refractivity contribution in [2.24, 2.45) is 0 Å². The first kappa shape index (κ1) is 13.4. The SMILES string of the molecule is Nc1ccc(C(=O)c2ccc3c(c2)CCCC(=O)N3)cc1. The Labute approximate surface area is 123 Å². The number of nitrogens with one attached hydrogen (secondary N) is 1. The van der Waals surface area contributed by atoms with Crippen molar-refractivity contribution in [1.29, 1.82) is 0 Å². The van der Waals surface area contributed by atoms with Crippen LogP contribution in [0.2, 0.25) is 0 Å². The van der Waals surface area contributed by atoms with Crippen LogP contribution in [0.3, 0.4) is 0 Å². The van der Waals surface area contributed by atoms with Gasteiger partial charge in [0, 0.05) is 28.9 Å². The monoisotopic (exact) mass is 280 g/mol. The number of anilines is 2. The second-order valence-electron chi connectivity index (χ2n) is 5.22. The fourth-order valence-corrected chi connectivity index (χ4v) is 2.52. The van der Waals surface area contributed by atoms with Crippen molar-refractivity contribution in [3.8, 4) is 0 Å². The zero-order valence-electron chi connectivity index (χ0n) is 11.6. The van der Waals surface area contributed by atoms with Gasteiger partial charge in [0.2, 0.25) is 5.91 Å². The highest BCUT2D eigenvalue weighted by Gasteiger charge is 2.16. The molecule has 2 aromatic carbocycles. The first-order chi connectivity index (χ1) is 10.1. The highest BCUT2D eigenvalue weighted by Crippen LogP contribution is 2.24. The van der Waals surface area contributed by atoms with Gasteiger partial charge in [0.25, 0.3) is 0 Å². The number of benzene rings is 2. The molecule has 0 aromatic heterocycles. The molecule has 3 rings (SSSR count). The predicted octanol–water partition coefficient (Wildman–Crippen LogP) is 2.77. The molecule has 0 fully saturated rings. The third-order valence-corrected chi connectivity index (χ3v) is 3.66. The average molecular weight is 280 g/mol. The van der Waals surface area contributed by atoms with E-state index in [1.165, 1.54) is 0 Å². The Kier molecular flexibility index (Phi) is 3.44. The van der Waals surface area contributed by atoms with Crippen LogP contribution in [0, 0.1) is 0 Å². The number of rotatable bonds is 2. The third kappa shape index (κ3) is 2.79. The van der Waals surface area contributed by atoms with E-state index >= 15 is 0 Å². The molecule has 3 N–H and O–H groups in total. The molecular weight excluding hydrogens is 264 g/mol. The number of carbonyl (C=O) groups is 2. The lowest BCUT2D eigenvalue weighted by molar-refractivity contribution is -0.116. The molecule has 0 bridgehead atoms. The van der Waals surface area contributed by atoms with Crippen LogP contribution in [-0.4, -0.2) is 11.7 Å². The molecule has 0 unspecified atom stereocenters. The van der Waals surface area contributed by atoms with Crippen LogP contribution in [0.25, 0.3) is 0 Å². The van der Waals surface area contributed by atoms with Gasteiger partial charge in [-0.2, -0.15) is 0 Å². The zero-order chi connectivity index (χ0) is 14.8. The second-order valence-corrected chi connectivity index (χ2v) is 5.22. The molecule has 1 heterocycles. The summed E-state index contributed by atoms with van der Waals surface area (Å²) in [6.45, 7) is 0. The van der Waals surface area contributed by atoms with Crippen LogP contribution in [-0.2, 0) is 11.2 Å². The quantitative estimate of drug-likeness (QED) is 0.656. The lowest BCUT2D eigenvalue weighted by Crippen LogP contribution is -2.09. The summed E-state index contributed by atoms with van der Waals surface area (Å²) in [6.07, 6.45) is 2.13. The number of nitrogens with two attached hydrogens (primary N) is 1. The Hall–Kier alpha value is -2.62. The Morgan fingerprint density at radius 3 is 2.48 bits per heavy atom. The normalized spacial score (nSPS) is 14.0. The number of fused-ring (bicyclic) bond motifs is 1. The van der Waals surface area contributed by atoms with Crippen LogP contribution in [0.15, 0.2) is 42.5 Å². The van der Waals surface area contributed by atoms with Gasteiger partial charge in [0.15, 0.2) is 5.78 Å². The minimum atomic E-state index is -0.0339. The van der Waals surface area contributed by atoms with E-state index in [1.807, 2.05) is 12.1 Å². The molecule has 0 radical (unpaired) electrons. The molecule has 0 saturated heterocycles. The van der Waals surface area contributed by atoms with E-state index in [9.17, 15) is 9.59 Å². The molecule has 1 amide bonds. The zero-order valence-corrected chi connectivity index (χ0v) is 11.6. The van der Waals surface area contributed by atoms with Gasteiger partial charge in [0.05, 0.1) is 0 Å². The van der Waals surface area contributed by atoms with E-state index in [4.69, 9.17) is 5.73 Å². The highest BCUT2D eigenvalue weighted by atomic mass is 16.1. The minimum Gasteiger partial charge on any atom is -0.399 e. The Morgan fingerprint density at radius 2 is 1.71 bits per heavy atom. The Bertz CT molecular complexity index is 705. The lowest BCUT2D eigenvalue weighted by atomic mass is 9.98. The number of hydrogen-bond acceptors (Lipinski definition) is 3. The van der Waals surface area contributed by atoms with E-state index in [1.54, 1.807) is 30.3 Å². The topological polar surface area (TPSA) is 72.2 Å². The lowest BCUT2D eigenvalue weighted by Gasteiger charge is -2.09. The number of hydrogen-bond donors (Lipinski definition) is 2. The molecule has 1 aliphatic heterocycles. The molecule has 106 valence electrons. The van der Waals surface area contributed by atoms with Gasteiger partial charge in [0.1, 0.15) is 0 Å². The van der Waals surface area contributed by atoms with Gasteiger partial charge in [-0.3, -0.25) is 9.59 Å². The maximum absolute atomic E-state index is 12.5. The summed E-state index contributed by atoms with van der Waals surface area (Å²) in [7, 11) is 0. The molecule has 21 heavy (non-hydrogen) atoms. The van der Waals surface area contributed by atoms with Gasteiger partial charge in [-0.25, -0.2) is 0 Å². The average Bonchev–Trinajstić information content (AvgIpc) is 2.67. The highest BCUT2D eigenvalue weighted by molar-refractivity contribution is 6.09. The van der Waals surface area contributed by atoms with Crippen LogP contribution >= 0.6 is 0 Å². The molecular formula is C17H16N2O2. The number of nitrogen functional groups attached to an aromatic ring is 1. The first-order valence-electron chi connectivity index (χ1n) is 6.96. The van der Waals surface area contributed by atoms with Gasteiger partial charge in [-0.1, -0.05) is 0 Å². The summed E-state index contributed by atoms with van der Waals surface area (Å²) in [4.78, 5) is 24.0. The fraction of sp³-hybridized carbons (Fsp3) is 0.176. The maximum Gasteiger partial charge on any atom is 0.224 e. The van der Waals surface area contributed by atoms with E-state index in [0.29, 0.717) is 23.2 Å². The van der Waals surface area contributed by atoms with Gasteiger partial charge >= 0.3 is 0 Å². The fourth-order valence-electron chi connectivity index (χ4n) is 2.52. The van der Waals surface area contributed by atoms with Gasteiger partial charge in [-0.05, 0) is 60.9 Å². The number of aryl methyl sites for hydroxylation is 1. The van der Waals surface area contributed by atoms with Crippen LogP contribution in [0.5, 0.6) is 0 Å². The predicted molar refractivity (Wildman–Crippen MR) is 82.3 cm³/mol. The first-order valence-corrected chi connectivity index (χ1v) is 6.96. The molecule has 2 aromatic rings. The van der Waals surface area contributed by atoms with Gasteiger partial charge in [-0.15, -0.1) is 0 Å². The standard InChI is InChI=1S/C17H16N2O2/c18-14-7-4-11(5-8-14)17(21)13-6-9-15-12(10-13)2-1-3-16(20)19-15/h4-10H,1-3,18H2,(H,19,20). The third-order valence-electron chi connectivity index (χ3n) is 3.66. The molecule has 0 saturated carbocycles. The number of amides is 1. The number of carbonyl (C=O) groups excluding carboxylic acids is 2. The smallest absolute Gasteiger partial charge is 0.224 e. The summed E-state index contributed by atoms with van der Waals surface area (Å²) in [6, 6.07) is 12.3. The van der Waals surface area contributed by atoms with Crippen LogP contribution in [0.4, 0.5) is 11.4 Å². The van der Waals surface area contributed by atoms with Crippen molar-refractivity contribution in [1.82, 2.24) is 0 Å². The Morgan fingerprint density at radius 1 is 1.00 bits per heavy atom. The molecule has 0 aliphatic carbocycles. The summed E-state index contributed by atoms with van der Waals surface area (Å²) < 4.78 is 0. The van der Waals surface area contributed by atoms with E-state index in [2.05, 4.69) is 5.32 Å². The summed E-state index contributed by atoms with van der Waals surface area (Å²) >= 11 is 0. The molecule has 0 atom stereocenters. The summed E-state index contributed by atoms with van der Waals surface area (Å²) in [5.74, 6) is -0.000246. The van der Waals surface area contributed by atoms with E-state index in [-0.39, 0.29) is 11.7 Å². The summed E-state index contributed by atoms with van der Waals surface area (Å²) in [5.41, 5.74) is 9.34. The summed E-state index contributed by atoms with van der Waals surface area (Å²) in [5, 5.41) is 2.87. The van der Waals surface area contributed by atoms with Crippen molar-refractivity contribution in [3.63, 3.8) is 0 Å². The van der Waals surface area contributed by atoms with Crippen molar-refractivity contribution in [3.05, 3.63) is 59.2 Å². The van der Waals surface area contributed by atoms with Crippen LogP contribution < -0.4 is 11.1 Å². The van der Waals surface area contributed by atoms with Gasteiger partial charge < -0.3 is 11.1 Å². The van der Waals surface area contributed by atoms with E-state index in [0.717, 1.165) is 24.1 Å². The van der Waals surface area contributed by atoms with E-state index < -0.39 is 0 Å². The maximum atomic E-state index is 12.5. The number of ketones is 1. The molecule has 4 heteroatoms.